The van der Waals surface area contributed by atoms with Crippen LogP contribution in [0.4, 0.5) is 0 Å². The maximum Gasteiger partial charge on any atom is 0.337 e. The van der Waals surface area contributed by atoms with Gasteiger partial charge in [-0.15, -0.1) is 0 Å². The van der Waals surface area contributed by atoms with Crippen molar-refractivity contribution < 1.29 is 14.6 Å². The minimum Gasteiger partial charge on any atom is -0.511 e. The van der Waals surface area contributed by atoms with Crippen LogP contribution >= 0.6 is 0 Å². The van der Waals surface area contributed by atoms with Crippen molar-refractivity contribution in [3.8, 4) is 0 Å². The van der Waals surface area contributed by atoms with E-state index in [1.165, 1.54) is 0 Å². The molecule has 0 aromatic carbocycles. The summed E-state index contributed by atoms with van der Waals surface area (Å²) >= 11 is 0. The van der Waals surface area contributed by atoms with Crippen LogP contribution in [0.5, 0.6) is 0 Å². The molecular weight excluding hydrogens is 168 g/mol. The molecule has 1 atom stereocenters. The summed E-state index contributed by atoms with van der Waals surface area (Å²) in [5, 5.41) is 9.61. The number of allylic oxidation sites excluding steroid dienone is 1. The van der Waals surface area contributed by atoms with Gasteiger partial charge in [0.1, 0.15) is 5.76 Å². The van der Waals surface area contributed by atoms with Crippen LogP contribution in [-0.2, 0) is 9.53 Å². The fraction of sp³-hybridized carbons (Fsp3) is 0.700. The van der Waals surface area contributed by atoms with Crippen molar-refractivity contribution in [2.75, 3.05) is 6.61 Å². The van der Waals surface area contributed by atoms with E-state index < -0.39 is 0 Å². The first kappa shape index (κ1) is 10.1. The quantitative estimate of drug-likeness (QED) is 0.669. The lowest BCUT2D eigenvalue weighted by atomic mass is 9.90. The highest BCUT2D eigenvalue weighted by molar-refractivity contribution is 5.89. The lowest BCUT2D eigenvalue weighted by molar-refractivity contribution is -0.139. The van der Waals surface area contributed by atoms with Crippen molar-refractivity contribution in [1.29, 1.82) is 0 Å². The molecule has 13 heavy (non-hydrogen) atoms. The number of hydrogen-bond acceptors (Lipinski definition) is 3. The van der Waals surface area contributed by atoms with Gasteiger partial charge in [-0.1, -0.05) is 6.92 Å². The number of aliphatic hydroxyl groups excluding tert-OH is 1. The molecule has 0 radical (unpaired) electrons. The summed E-state index contributed by atoms with van der Waals surface area (Å²) in [4.78, 5) is 11.3. The third kappa shape index (κ3) is 2.23. The summed E-state index contributed by atoms with van der Waals surface area (Å²) in [6, 6.07) is 0. The SMILES string of the molecule is CCOC(=O)C1=C(O)C(C)CCC1. The Bertz CT molecular complexity index is 230. The molecule has 0 saturated heterocycles. The summed E-state index contributed by atoms with van der Waals surface area (Å²) < 4.78 is 4.84. The van der Waals surface area contributed by atoms with Gasteiger partial charge in [0.2, 0.25) is 0 Å². The van der Waals surface area contributed by atoms with E-state index in [-0.39, 0.29) is 17.6 Å². The van der Waals surface area contributed by atoms with Gasteiger partial charge in [-0.25, -0.2) is 4.79 Å². The van der Waals surface area contributed by atoms with Crippen LogP contribution < -0.4 is 0 Å². The molecule has 0 fully saturated rings. The standard InChI is InChI=1S/C10H16O3/c1-3-13-10(12)8-6-4-5-7(2)9(8)11/h7,11H,3-6H2,1-2H3. The Morgan fingerprint density at radius 3 is 3.00 bits per heavy atom. The van der Waals surface area contributed by atoms with Crippen LogP contribution in [-0.4, -0.2) is 17.7 Å². The van der Waals surface area contributed by atoms with Gasteiger partial charge < -0.3 is 9.84 Å². The van der Waals surface area contributed by atoms with Crippen molar-refractivity contribution in [3.05, 3.63) is 11.3 Å². The van der Waals surface area contributed by atoms with E-state index in [4.69, 9.17) is 4.74 Å². The van der Waals surface area contributed by atoms with Crippen molar-refractivity contribution >= 4 is 5.97 Å². The second kappa shape index (κ2) is 4.30. The molecule has 0 heterocycles. The molecule has 3 nitrogen and oxygen atoms in total. The molecule has 1 aliphatic carbocycles. The second-order valence-corrected chi connectivity index (χ2v) is 3.38. The van der Waals surface area contributed by atoms with E-state index in [9.17, 15) is 9.90 Å². The number of ether oxygens (including phenoxy) is 1. The third-order valence-electron chi connectivity index (χ3n) is 2.36. The van der Waals surface area contributed by atoms with E-state index in [1.54, 1.807) is 6.92 Å². The van der Waals surface area contributed by atoms with Gasteiger partial charge in [0.05, 0.1) is 12.2 Å². The first-order chi connectivity index (χ1) is 6.16. The molecule has 0 amide bonds. The Kier molecular flexibility index (Phi) is 3.34. The van der Waals surface area contributed by atoms with Gasteiger partial charge in [0, 0.05) is 5.92 Å². The van der Waals surface area contributed by atoms with Crippen LogP contribution in [0.1, 0.15) is 33.1 Å². The van der Waals surface area contributed by atoms with Gasteiger partial charge in [0.15, 0.2) is 0 Å². The molecule has 1 N–H and O–H groups in total. The Morgan fingerprint density at radius 2 is 2.38 bits per heavy atom. The molecule has 0 bridgehead atoms. The van der Waals surface area contributed by atoms with Crippen LogP contribution in [0.25, 0.3) is 0 Å². The predicted molar refractivity (Wildman–Crippen MR) is 49.3 cm³/mol. The smallest absolute Gasteiger partial charge is 0.337 e. The maximum atomic E-state index is 11.3. The number of rotatable bonds is 2. The molecular formula is C10H16O3. The zero-order chi connectivity index (χ0) is 9.84. The zero-order valence-corrected chi connectivity index (χ0v) is 8.17. The van der Waals surface area contributed by atoms with Crippen molar-refractivity contribution in [2.45, 2.75) is 33.1 Å². The molecule has 0 saturated carbocycles. The normalized spacial score (nSPS) is 23.1. The first-order valence-electron chi connectivity index (χ1n) is 4.76. The van der Waals surface area contributed by atoms with Gasteiger partial charge in [-0.2, -0.15) is 0 Å². The number of carbonyl (C=O) groups is 1. The van der Waals surface area contributed by atoms with Gasteiger partial charge in [-0.3, -0.25) is 0 Å². The topological polar surface area (TPSA) is 46.5 Å². The average Bonchev–Trinajstić information content (AvgIpc) is 2.10. The minimum absolute atomic E-state index is 0.105. The van der Waals surface area contributed by atoms with E-state index in [0.29, 0.717) is 18.6 Å². The molecule has 1 unspecified atom stereocenters. The number of esters is 1. The maximum absolute atomic E-state index is 11.3. The summed E-state index contributed by atoms with van der Waals surface area (Å²) in [6.45, 7) is 4.06. The highest BCUT2D eigenvalue weighted by Crippen LogP contribution is 2.28. The van der Waals surface area contributed by atoms with E-state index in [2.05, 4.69) is 0 Å². The van der Waals surface area contributed by atoms with Crippen molar-refractivity contribution in [1.82, 2.24) is 0 Å². The third-order valence-corrected chi connectivity index (χ3v) is 2.36. The molecule has 0 aromatic rings. The number of carbonyl (C=O) groups excluding carboxylic acids is 1. The lowest BCUT2D eigenvalue weighted by Gasteiger charge is -2.20. The number of hydrogen-bond donors (Lipinski definition) is 1. The fourth-order valence-corrected chi connectivity index (χ4v) is 1.57. The Labute approximate surface area is 78.4 Å². The molecule has 1 aliphatic rings. The Hall–Kier alpha value is -0.990. The summed E-state index contributed by atoms with van der Waals surface area (Å²) in [6.07, 6.45) is 2.56. The van der Waals surface area contributed by atoms with E-state index in [0.717, 1.165) is 12.8 Å². The lowest BCUT2D eigenvalue weighted by Crippen LogP contribution is -2.17. The predicted octanol–water partition coefficient (Wildman–Crippen LogP) is 2.18. The molecule has 3 heteroatoms. The summed E-state index contributed by atoms with van der Waals surface area (Å²) in [5.74, 6) is -0.0237. The van der Waals surface area contributed by atoms with Gasteiger partial charge >= 0.3 is 5.97 Å². The van der Waals surface area contributed by atoms with E-state index >= 15 is 0 Å². The highest BCUT2D eigenvalue weighted by atomic mass is 16.5. The van der Waals surface area contributed by atoms with Crippen LogP contribution in [0, 0.1) is 5.92 Å². The van der Waals surface area contributed by atoms with E-state index in [1.807, 2.05) is 6.92 Å². The Morgan fingerprint density at radius 1 is 1.69 bits per heavy atom. The minimum atomic E-state index is -0.355. The van der Waals surface area contributed by atoms with Crippen LogP contribution in [0.2, 0.25) is 0 Å². The first-order valence-corrected chi connectivity index (χ1v) is 4.76. The molecule has 1 rings (SSSR count). The molecule has 0 aliphatic heterocycles. The Balaban J connectivity index is 2.76. The van der Waals surface area contributed by atoms with Crippen LogP contribution in [0.3, 0.4) is 0 Å². The van der Waals surface area contributed by atoms with Gasteiger partial charge in [0.25, 0.3) is 0 Å². The van der Waals surface area contributed by atoms with Gasteiger partial charge in [-0.05, 0) is 26.2 Å². The molecule has 0 spiro atoms. The van der Waals surface area contributed by atoms with Crippen LogP contribution in [0.15, 0.2) is 11.3 Å². The zero-order valence-electron chi connectivity index (χ0n) is 8.17. The average molecular weight is 184 g/mol. The summed E-state index contributed by atoms with van der Waals surface area (Å²) in [5.41, 5.74) is 0.473. The molecule has 74 valence electrons. The monoisotopic (exact) mass is 184 g/mol. The second-order valence-electron chi connectivity index (χ2n) is 3.38. The largest absolute Gasteiger partial charge is 0.511 e. The van der Waals surface area contributed by atoms with Crippen molar-refractivity contribution in [3.63, 3.8) is 0 Å². The van der Waals surface area contributed by atoms with Crippen molar-refractivity contribution in [2.24, 2.45) is 5.92 Å². The fourth-order valence-electron chi connectivity index (χ4n) is 1.57. The highest BCUT2D eigenvalue weighted by Gasteiger charge is 2.24. The summed E-state index contributed by atoms with van der Waals surface area (Å²) in [7, 11) is 0. The number of aliphatic hydroxyl groups is 1. The molecule has 0 aromatic heterocycles.